The number of likely N-dealkylation sites (tertiary alicyclic amines) is 1. The highest BCUT2D eigenvalue weighted by atomic mass is 35.5. The van der Waals surface area contributed by atoms with Crippen molar-refractivity contribution in [2.24, 2.45) is 11.8 Å². The highest BCUT2D eigenvalue weighted by Gasteiger charge is 2.22. The van der Waals surface area contributed by atoms with Crippen LogP contribution < -0.4 is 10.0 Å². The summed E-state index contributed by atoms with van der Waals surface area (Å²) in [6.07, 6.45) is 2.31. The second kappa shape index (κ2) is 10.0. The van der Waals surface area contributed by atoms with Crippen molar-refractivity contribution in [3.63, 3.8) is 0 Å². The standard InChI is InChI=1S/C23H30ClN3O3S/c1-16-10-17(2)14-27(13-16)15-20-7-5-4-6-19(20)12-25-23(28)18-8-9-21(24)22(11-18)26-31(3,29)30/h4-9,11,16-17,26H,10,12-15H2,1-3H3,(H,25,28). The molecule has 2 aromatic rings. The Morgan fingerprint density at radius 3 is 2.39 bits per heavy atom. The van der Waals surface area contributed by atoms with E-state index in [-0.39, 0.29) is 16.6 Å². The Morgan fingerprint density at radius 2 is 1.74 bits per heavy atom. The lowest BCUT2D eigenvalue weighted by atomic mass is 9.91. The van der Waals surface area contributed by atoms with Crippen molar-refractivity contribution < 1.29 is 13.2 Å². The Bertz CT molecular complexity index is 1030. The fourth-order valence-corrected chi connectivity index (χ4v) is 5.06. The van der Waals surface area contributed by atoms with Gasteiger partial charge >= 0.3 is 0 Å². The van der Waals surface area contributed by atoms with Crippen LogP contribution in [0, 0.1) is 11.8 Å². The number of hydrogen-bond donors (Lipinski definition) is 2. The van der Waals surface area contributed by atoms with Gasteiger partial charge in [-0.15, -0.1) is 0 Å². The Morgan fingerprint density at radius 1 is 1.10 bits per heavy atom. The van der Waals surface area contributed by atoms with Gasteiger partial charge < -0.3 is 5.32 Å². The van der Waals surface area contributed by atoms with Crippen LogP contribution in [0.4, 0.5) is 5.69 Å². The number of nitrogens with zero attached hydrogens (tertiary/aromatic N) is 1. The van der Waals surface area contributed by atoms with Gasteiger partial charge in [0.15, 0.2) is 0 Å². The summed E-state index contributed by atoms with van der Waals surface area (Å²) in [6.45, 7) is 8.04. The van der Waals surface area contributed by atoms with Gasteiger partial charge in [-0.3, -0.25) is 14.4 Å². The summed E-state index contributed by atoms with van der Waals surface area (Å²) < 4.78 is 25.4. The molecule has 2 atom stereocenters. The van der Waals surface area contributed by atoms with E-state index in [9.17, 15) is 13.2 Å². The number of carbonyl (C=O) groups excluding carboxylic acids is 1. The molecule has 0 aliphatic carbocycles. The number of nitrogens with one attached hydrogen (secondary N) is 2. The first-order valence-corrected chi connectivity index (χ1v) is 12.7. The fourth-order valence-electron chi connectivity index (χ4n) is 4.27. The first kappa shape index (κ1) is 23.6. The van der Waals surface area contributed by atoms with Gasteiger partial charge in [0.05, 0.1) is 17.0 Å². The average molecular weight is 464 g/mol. The van der Waals surface area contributed by atoms with E-state index in [0.29, 0.717) is 23.9 Å². The molecule has 2 unspecified atom stereocenters. The van der Waals surface area contributed by atoms with Crippen molar-refractivity contribution in [1.29, 1.82) is 0 Å². The maximum atomic E-state index is 12.7. The van der Waals surface area contributed by atoms with E-state index in [2.05, 4.69) is 34.9 Å². The highest BCUT2D eigenvalue weighted by Crippen LogP contribution is 2.25. The van der Waals surface area contributed by atoms with E-state index in [1.54, 1.807) is 6.07 Å². The van der Waals surface area contributed by atoms with Crippen molar-refractivity contribution in [2.45, 2.75) is 33.4 Å². The minimum Gasteiger partial charge on any atom is -0.348 e. The van der Waals surface area contributed by atoms with E-state index < -0.39 is 10.0 Å². The molecule has 0 saturated carbocycles. The van der Waals surface area contributed by atoms with E-state index in [1.165, 1.54) is 24.1 Å². The van der Waals surface area contributed by atoms with Crippen LogP contribution in [0.2, 0.25) is 5.02 Å². The lowest BCUT2D eigenvalue weighted by molar-refractivity contribution is 0.0950. The van der Waals surface area contributed by atoms with Gasteiger partial charge in [-0.05, 0) is 47.6 Å². The molecular formula is C23H30ClN3O3S. The number of rotatable bonds is 7. The third-order valence-corrected chi connectivity index (χ3v) is 6.34. The molecule has 0 bridgehead atoms. The number of benzene rings is 2. The summed E-state index contributed by atoms with van der Waals surface area (Å²) in [6, 6.07) is 12.7. The van der Waals surface area contributed by atoms with Gasteiger partial charge in [-0.25, -0.2) is 8.42 Å². The van der Waals surface area contributed by atoms with Crippen LogP contribution in [-0.2, 0) is 23.1 Å². The summed E-state index contributed by atoms with van der Waals surface area (Å²) in [7, 11) is -3.50. The monoisotopic (exact) mass is 463 g/mol. The minimum absolute atomic E-state index is 0.186. The molecule has 2 N–H and O–H groups in total. The molecule has 2 aromatic carbocycles. The third-order valence-electron chi connectivity index (χ3n) is 5.42. The zero-order valence-corrected chi connectivity index (χ0v) is 19.8. The molecular weight excluding hydrogens is 434 g/mol. The number of hydrogen-bond acceptors (Lipinski definition) is 4. The predicted octanol–water partition coefficient (Wildman–Crippen LogP) is 4.12. The van der Waals surface area contributed by atoms with Gasteiger partial charge in [-0.1, -0.05) is 49.7 Å². The first-order chi connectivity index (χ1) is 14.6. The number of halogens is 1. The normalized spacial score (nSPS) is 19.7. The van der Waals surface area contributed by atoms with Crippen LogP contribution in [0.25, 0.3) is 0 Å². The molecule has 1 aliphatic heterocycles. The molecule has 3 rings (SSSR count). The summed E-state index contributed by atoms with van der Waals surface area (Å²) in [5.41, 5.74) is 2.81. The SMILES string of the molecule is CC1CC(C)CN(Cc2ccccc2CNC(=O)c2ccc(Cl)c(NS(C)(=O)=O)c2)C1. The van der Waals surface area contributed by atoms with Gasteiger partial charge in [-0.2, -0.15) is 0 Å². The lowest BCUT2D eigenvalue weighted by Gasteiger charge is -2.35. The number of carbonyl (C=O) groups is 1. The van der Waals surface area contributed by atoms with Crippen LogP contribution in [0.1, 0.15) is 41.8 Å². The van der Waals surface area contributed by atoms with Gasteiger partial charge in [0.25, 0.3) is 5.91 Å². The molecule has 1 saturated heterocycles. The van der Waals surface area contributed by atoms with Crippen LogP contribution in [0.15, 0.2) is 42.5 Å². The van der Waals surface area contributed by atoms with Gasteiger partial charge in [0, 0.05) is 31.7 Å². The number of anilines is 1. The van der Waals surface area contributed by atoms with Crippen LogP contribution in [0.5, 0.6) is 0 Å². The summed E-state index contributed by atoms with van der Waals surface area (Å²) in [4.78, 5) is 15.2. The van der Waals surface area contributed by atoms with E-state index in [0.717, 1.165) is 31.5 Å². The largest absolute Gasteiger partial charge is 0.348 e. The van der Waals surface area contributed by atoms with Crippen LogP contribution in [-0.4, -0.2) is 38.6 Å². The summed E-state index contributed by atoms with van der Waals surface area (Å²) in [5, 5.41) is 3.18. The van der Waals surface area contributed by atoms with Crippen LogP contribution >= 0.6 is 11.6 Å². The molecule has 8 heteroatoms. The Kier molecular flexibility index (Phi) is 7.62. The van der Waals surface area contributed by atoms with Crippen molar-refractivity contribution in [3.8, 4) is 0 Å². The van der Waals surface area contributed by atoms with Crippen LogP contribution in [0.3, 0.4) is 0 Å². The lowest BCUT2D eigenvalue weighted by Crippen LogP contribution is -2.38. The third kappa shape index (κ3) is 6.95. The number of sulfonamides is 1. The van der Waals surface area contributed by atoms with Gasteiger partial charge in [0.1, 0.15) is 0 Å². The topological polar surface area (TPSA) is 78.5 Å². The maximum Gasteiger partial charge on any atom is 0.251 e. The number of piperidine rings is 1. The molecule has 1 amide bonds. The van der Waals surface area contributed by atoms with Crippen molar-refractivity contribution in [1.82, 2.24) is 10.2 Å². The molecule has 1 heterocycles. The zero-order valence-electron chi connectivity index (χ0n) is 18.2. The summed E-state index contributed by atoms with van der Waals surface area (Å²) in [5.74, 6) is 1.09. The molecule has 1 fully saturated rings. The average Bonchev–Trinajstić information content (AvgIpc) is 2.67. The fraction of sp³-hybridized carbons (Fsp3) is 0.435. The number of amides is 1. The molecule has 1 aliphatic rings. The molecule has 0 spiro atoms. The second-order valence-corrected chi connectivity index (χ2v) is 10.8. The van der Waals surface area contributed by atoms with Crippen molar-refractivity contribution in [3.05, 3.63) is 64.2 Å². The van der Waals surface area contributed by atoms with E-state index in [4.69, 9.17) is 11.6 Å². The second-order valence-electron chi connectivity index (χ2n) is 8.66. The Hall–Kier alpha value is -2.09. The molecule has 0 radical (unpaired) electrons. The maximum absolute atomic E-state index is 12.7. The Labute approximate surface area is 190 Å². The molecule has 6 nitrogen and oxygen atoms in total. The molecule has 0 aromatic heterocycles. The predicted molar refractivity (Wildman–Crippen MR) is 126 cm³/mol. The molecule has 168 valence electrons. The zero-order chi connectivity index (χ0) is 22.6. The Balaban J connectivity index is 1.68. The van der Waals surface area contributed by atoms with Crippen molar-refractivity contribution >= 4 is 33.2 Å². The van der Waals surface area contributed by atoms with Crippen molar-refractivity contribution in [2.75, 3.05) is 24.1 Å². The summed E-state index contributed by atoms with van der Waals surface area (Å²) >= 11 is 6.05. The van der Waals surface area contributed by atoms with E-state index in [1.807, 2.05) is 18.2 Å². The minimum atomic E-state index is -3.50. The smallest absolute Gasteiger partial charge is 0.251 e. The highest BCUT2D eigenvalue weighted by molar-refractivity contribution is 7.92. The molecule has 31 heavy (non-hydrogen) atoms. The quantitative estimate of drug-likeness (QED) is 0.647. The first-order valence-electron chi connectivity index (χ1n) is 10.5. The van der Waals surface area contributed by atoms with Gasteiger partial charge in [0.2, 0.25) is 10.0 Å². The van der Waals surface area contributed by atoms with E-state index >= 15 is 0 Å².